The second kappa shape index (κ2) is 6.81. The lowest BCUT2D eigenvalue weighted by atomic mass is 9.82. The summed E-state index contributed by atoms with van der Waals surface area (Å²) in [6.45, 7) is 7.87. The third-order valence-electron chi connectivity index (χ3n) is 3.60. The maximum absolute atomic E-state index is 12.1. The first-order valence-electron chi connectivity index (χ1n) is 6.87. The van der Waals surface area contributed by atoms with Crippen molar-refractivity contribution in [2.75, 3.05) is 0 Å². The number of carboxylic acid groups (broad SMARTS) is 1. The van der Waals surface area contributed by atoms with Gasteiger partial charge in [0.15, 0.2) is 0 Å². The minimum atomic E-state index is -1.08. The Bertz CT molecular complexity index is 307. The highest BCUT2D eigenvalue weighted by atomic mass is 32.2. The smallest absolute Gasteiger partial charge is 0.404 e. The molecule has 3 N–H and O–H groups in total. The molecule has 0 aliphatic heterocycles. The predicted octanol–water partition coefficient (Wildman–Crippen LogP) is 2.25. The van der Waals surface area contributed by atoms with Gasteiger partial charge in [-0.15, -0.1) is 4.72 Å². The third kappa shape index (κ3) is 5.58. The zero-order valence-electron chi connectivity index (χ0n) is 12.2. The molecule has 19 heavy (non-hydrogen) atoms. The van der Waals surface area contributed by atoms with E-state index in [1.807, 2.05) is 27.7 Å². The summed E-state index contributed by atoms with van der Waals surface area (Å²) in [5, 5.41) is 11.3. The molecular weight excluding hydrogens is 264 g/mol. The minimum absolute atomic E-state index is 0.0311. The Hall–Kier alpha value is -0.460. The van der Waals surface area contributed by atoms with E-state index in [2.05, 4.69) is 10.0 Å². The van der Waals surface area contributed by atoms with Crippen molar-refractivity contribution in [3.63, 3.8) is 0 Å². The Kier molecular flexibility index (Phi) is 5.95. The Morgan fingerprint density at radius 3 is 2.58 bits per heavy atom. The molecule has 1 aliphatic rings. The van der Waals surface area contributed by atoms with Crippen LogP contribution in [0.5, 0.6) is 0 Å². The van der Waals surface area contributed by atoms with Crippen molar-refractivity contribution in [2.24, 2.45) is 5.92 Å². The van der Waals surface area contributed by atoms with Crippen LogP contribution in [0, 0.1) is 5.92 Å². The van der Waals surface area contributed by atoms with E-state index in [1.165, 1.54) is 0 Å². The molecule has 1 saturated carbocycles. The van der Waals surface area contributed by atoms with Gasteiger partial charge in [-0.3, -0.25) is 0 Å². The zero-order valence-corrected chi connectivity index (χ0v) is 13.0. The highest BCUT2D eigenvalue weighted by molar-refractivity contribution is 7.90. The van der Waals surface area contributed by atoms with Crippen molar-refractivity contribution in [1.29, 1.82) is 0 Å². The molecule has 112 valence electrons. The van der Waals surface area contributed by atoms with Gasteiger partial charge in [0.25, 0.3) is 0 Å². The van der Waals surface area contributed by atoms with Gasteiger partial charge in [-0.2, -0.15) is 0 Å². The van der Waals surface area contributed by atoms with Crippen molar-refractivity contribution in [3.05, 3.63) is 0 Å². The second-order valence-electron chi connectivity index (χ2n) is 6.36. The molecule has 6 heteroatoms. The van der Waals surface area contributed by atoms with Crippen LogP contribution in [0.2, 0.25) is 0 Å². The molecule has 0 bridgehead atoms. The van der Waals surface area contributed by atoms with Crippen LogP contribution in [0.15, 0.2) is 0 Å². The Balaban J connectivity index is 2.48. The molecule has 0 spiro atoms. The number of carbonyl (C=O) groups is 1. The van der Waals surface area contributed by atoms with E-state index < -0.39 is 17.5 Å². The Labute approximate surface area is 118 Å². The quantitative estimate of drug-likeness (QED) is 0.693. The summed E-state index contributed by atoms with van der Waals surface area (Å²) < 4.78 is 15.0. The molecule has 1 amide bonds. The Morgan fingerprint density at radius 1 is 1.42 bits per heavy atom. The van der Waals surface area contributed by atoms with Crippen LogP contribution in [-0.2, 0) is 11.4 Å². The van der Waals surface area contributed by atoms with Gasteiger partial charge >= 0.3 is 6.09 Å². The molecule has 0 aromatic carbocycles. The lowest BCUT2D eigenvalue weighted by Crippen LogP contribution is -2.48. The van der Waals surface area contributed by atoms with E-state index in [0.29, 0.717) is 5.92 Å². The maximum Gasteiger partial charge on any atom is 0.404 e. The van der Waals surface area contributed by atoms with E-state index in [9.17, 15) is 9.35 Å². The average Bonchev–Trinajstić information content (AvgIpc) is 2.27. The molecule has 1 fully saturated rings. The summed E-state index contributed by atoms with van der Waals surface area (Å²) in [6, 6.07) is 0.169. The lowest BCUT2D eigenvalue weighted by molar-refractivity contribution is 0.178. The summed E-state index contributed by atoms with van der Waals surface area (Å²) in [7, 11) is 0. The lowest BCUT2D eigenvalue weighted by Gasteiger charge is -2.34. The van der Waals surface area contributed by atoms with Crippen LogP contribution in [0.25, 0.3) is 0 Å². The maximum atomic E-state index is 12.1. The summed E-state index contributed by atoms with van der Waals surface area (Å²) in [5.74, 6) is 0.372. The van der Waals surface area contributed by atoms with Crippen LogP contribution >= 0.6 is 0 Å². The predicted molar refractivity (Wildman–Crippen MR) is 77.4 cm³/mol. The van der Waals surface area contributed by atoms with E-state index in [0.717, 1.165) is 25.7 Å². The van der Waals surface area contributed by atoms with E-state index in [4.69, 9.17) is 5.11 Å². The van der Waals surface area contributed by atoms with Gasteiger partial charge in [-0.25, -0.2) is 4.79 Å². The molecule has 0 aromatic rings. The minimum Gasteiger partial charge on any atom is -0.598 e. The van der Waals surface area contributed by atoms with Crippen LogP contribution < -0.4 is 10.0 Å². The van der Waals surface area contributed by atoms with E-state index in [1.54, 1.807) is 0 Å². The fourth-order valence-electron chi connectivity index (χ4n) is 2.43. The van der Waals surface area contributed by atoms with Crippen LogP contribution in [-0.4, -0.2) is 32.6 Å². The SMILES string of the molecule is C[C@H](N[S+]([O-])C(C)(C)C)[C@@H]1CCC[C@H](NC(=O)O)C1. The fourth-order valence-corrected chi connectivity index (χ4v) is 3.31. The van der Waals surface area contributed by atoms with Crippen molar-refractivity contribution < 1.29 is 14.5 Å². The molecule has 0 heterocycles. The molecule has 0 saturated heterocycles. The number of nitrogens with one attached hydrogen (secondary N) is 2. The number of amides is 1. The number of hydrogen-bond donors (Lipinski definition) is 3. The van der Waals surface area contributed by atoms with Gasteiger partial charge in [0, 0.05) is 17.4 Å². The van der Waals surface area contributed by atoms with Crippen molar-refractivity contribution in [2.45, 2.75) is 70.2 Å². The topological polar surface area (TPSA) is 84.4 Å². The highest BCUT2D eigenvalue weighted by Crippen LogP contribution is 2.28. The molecule has 1 unspecified atom stereocenters. The first kappa shape index (κ1) is 16.6. The summed E-state index contributed by atoms with van der Waals surface area (Å²) in [4.78, 5) is 10.7. The van der Waals surface area contributed by atoms with Crippen molar-refractivity contribution in [1.82, 2.24) is 10.0 Å². The third-order valence-corrected chi connectivity index (χ3v) is 5.30. The van der Waals surface area contributed by atoms with Gasteiger partial charge in [0.1, 0.15) is 4.75 Å². The van der Waals surface area contributed by atoms with Gasteiger partial charge in [0.2, 0.25) is 0 Å². The second-order valence-corrected chi connectivity index (χ2v) is 8.36. The first-order valence-corrected chi connectivity index (χ1v) is 8.02. The molecule has 5 nitrogen and oxygen atoms in total. The summed E-state index contributed by atoms with van der Waals surface area (Å²) >= 11 is -1.08. The van der Waals surface area contributed by atoms with Crippen molar-refractivity contribution >= 4 is 17.5 Å². The summed E-state index contributed by atoms with van der Waals surface area (Å²) in [5.41, 5.74) is 0. The average molecular weight is 290 g/mol. The largest absolute Gasteiger partial charge is 0.598 e. The molecule has 1 rings (SSSR count). The molecule has 1 aliphatic carbocycles. The van der Waals surface area contributed by atoms with Crippen LogP contribution in [0.3, 0.4) is 0 Å². The van der Waals surface area contributed by atoms with Crippen LogP contribution in [0.4, 0.5) is 4.79 Å². The standard InChI is InChI=1S/C13H26N2O3S/c1-9(15-19(18)13(2,3)4)10-6-5-7-11(8-10)14-12(16)17/h9-11,14-15H,5-8H2,1-4H3,(H,16,17)/t9-,10+,11-,19?/m0/s1. The van der Waals surface area contributed by atoms with E-state index >= 15 is 0 Å². The number of hydrogen-bond acceptors (Lipinski definition) is 3. The Morgan fingerprint density at radius 2 is 2.05 bits per heavy atom. The highest BCUT2D eigenvalue weighted by Gasteiger charge is 2.33. The van der Waals surface area contributed by atoms with Gasteiger partial charge < -0.3 is 15.0 Å². The summed E-state index contributed by atoms with van der Waals surface area (Å²) in [6.07, 6.45) is 2.85. The monoisotopic (exact) mass is 290 g/mol. The normalized spacial score (nSPS) is 27.6. The first-order chi connectivity index (χ1) is 8.70. The molecule has 0 radical (unpaired) electrons. The van der Waals surface area contributed by atoms with Crippen molar-refractivity contribution in [3.8, 4) is 0 Å². The number of rotatable bonds is 4. The van der Waals surface area contributed by atoms with E-state index in [-0.39, 0.29) is 16.8 Å². The zero-order chi connectivity index (χ0) is 14.6. The van der Waals surface area contributed by atoms with Crippen LogP contribution in [0.1, 0.15) is 53.4 Å². The van der Waals surface area contributed by atoms with Gasteiger partial charge in [-0.05, 0) is 52.9 Å². The molecular formula is C13H26N2O3S. The molecule has 0 aromatic heterocycles. The van der Waals surface area contributed by atoms with Gasteiger partial charge in [0.05, 0.1) is 6.04 Å². The fraction of sp³-hybridized carbons (Fsp3) is 0.923. The van der Waals surface area contributed by atoms with Gasteiger partial charge in [-0.1, -0.05) is 6.42 Å². The molecule has 4 atom stereocenters.